The van der Waals surface area contributed by atoms with Crippen molar-refractivity contribution in [1.29, 1.82) is 0 Å². The summed E-state index contributed by atoms with van der Waals surface area (Å²) in [4.78, 5) is 0. The molecule has 0 rings (SSSR count). The van der Waals surface area contributed by atoms with Crippen LogP contribution in [0.5, 0.6) is 0 Å². The zero-order chi connectivity index (χ0) is 9.78. The summed E-state index contributed by atoms with van der Waals surface area (Å²) in [5, 5.41) is 2.25. The number of hydrogen-bond acceptors (Lipinski definition) is 3. The van der Waals surface area contributed by atoms with Gasteiger partial charge < -0.3 is 5.32 Å². The molecule has 12 heavy (non-hydrogen) atoms. The molecule has 2 N–H and O–H groups in total. The average molecular weight is 195 g/mol. The highest BCUT2D eigenvalue weighted by Crippen LogP contribution is 2.02. The molecule has 0 fully saturated rings. The first-order valence-electron chi connectivity index (χ1n) is 4.09. The summed E-state index contributed by atoms with van der Waals surface area (Å²) < 4.78 is 30.0. The molecule has 0 bridgehead atoms. The van der Waals surface area contributed by atoms with Crippen LogP contribution in [-0.4, -0.2) is 30.8 Å². The molecule has 0 aliphatic carbocycles. The molecular weight excluding hydrogens is 178 g/mol. The van der Waals surface area contributed by atoms with E-state index in [0.717, 1.165) is 13.0 Å². The van der Waals surface area contributed by atoms with Crippen molar-refractivity contribution in [2.45, 2.75) is 38.5 Å². The minimum atomic E-state index is -3.89. The molecular formula is C7H17NO3S. The highest BCUT2D eigenvalue weighted by Gasteiger charge is 2.23. The summed E-state index contributed by atoms with van der Waals surface area (Å²) in [6, 6.07) is -0.208. The fraction of sp³-hybridized carbons (Fsp3) is 1.00. The van der Waals surface area contributed by atoms with E-state index in [4.69, 9.17) is 4.55 Å². The fourth-order valence-electron chi connectivity index (χ4n) is 0.796. The third kappa shape index (κ3) is 4.04. The zero-order valence-corrected chi connectivity index (χ0v) is 8.56. The van der Waals surface area contributed by atoms with Gasteiger partial charge in [-0.05, 0) is 26.8 Å². The largest absolute Gasteiger partial charge is 0.313 e. The van der Waals surface area contributed by atoms with Crippen molar-refractivity contribution in [3.05, 3.63) is 0 Å². The van der Waals surface area contributed by atoms with E-state index < -0.39 is 15.4 Å². The predicted molar refractivity (Wildman–Crippen MR) is 48.8 cm³/mol. The molecule has 74 valence electrons. The van der Waals surface area contributed by atoms with Gasteiger partial charge in [0.1, 0.15) is 0 Å². The van der Waals surface area contributed by atoms with Crippen LogP contribution in [0.15, 0.2) is 0 Å². The quantitative estimate of drug-likeness (QED) is 0.632. The Kier molecular flexibility index (Phi) is 4.74. The summed E-state index contributed by atoms with van der Waals surface area (Å²) in [5.74, 6) is 0. The van der Waals surface area contributed by atoms with E-state index in [1.807, 2.05) is 6.92 Å². The molecule has 0 amide bonds. The molecule has 5 heteroatoms. The highest BCUT2D eigenvalue weighted by atomic mass is 32.2. The van der Waals surface area contributed by atoms with Crippen LogP contribution in [0.2, 0.25) is 0 Å². The topological polar surface area (TPSA) is 66.4 Å². The maximum atomic E-state index is 10.7. The van der Waals surface area contributed by atoms with Crippen molar-refractivity contribution in [3.8, 4) is 0 Å². The lowest BCUT2D eigenvalue weighted by Crippen LogP contribution is -2.40. The molecule has 0 heterocycles. The van der Waals surface area contributed by atoms with Crippen molar-refractivity contribution < 1.29 is 13.0 Å². The highest BCUT2D eigenvalue weighted by molar-refractivity contribution is 7.86. The average Bonchev–Trinajstić information content (AvgIpc) is 1.97. The predicted octanol–water partition coefficient (Wildman–Crippen LogP) is 0.651. The van der Waals surface area contributed by atoms with Crippen molar-refractivity contribution in [3.63, 3.8) is 0 Å². The molecule has 0 saturated carbocycles. The Morgan fingerprint density at radius 2 is 1.92 bits per heavy atom. The first-order chi connectivity index (χ1) is 5.39. The first kappa shape index (κ1) is 11.9. The number of hydrogen-bond donors (Lipinski definition) is 2. The van der Waals surface area contributed by atoms with Crippen molar-refractivity contribution in [2.24, 2.45) is 0 Å². The Labute approximate surface area is 74.1 Å². The second-order valence-corrected chi connectivity index (χ2v) is 4.74. The van der Waals surface area contributed by atoms with E-state index >= 15 is 0 Å². The maximum absolute atomic E-state index is 10.7. The van der Waals surface area contributed by atoms with Gasteiger partial charge in [0, 0.05) is 6.04 Å². The first-order valence-corrected chi connectivity index (χ1v) is 5.59. The number of nitrogens with one attached hydrogen (secondary N) is 1. The second kappa shape index (κ2) is 4.79. The minimum absolute atomic E-state index is 0.208. The van der Waals surface area contributed by atoms with Crippen LogP contribution < -0.4 is 5.32 Å². The van der Waals surface area contributed by atoms with Gasteiger partial charge in [-0.2, -0.15) is 8.42 Å². The summed E-state index contributed by atoms with van der Waals surface area (Å²) in [6.07, 6.45) is 0.947. The van der Waals surface area contributed by atoms with Gasteiger partial charge in [0.2, 0.25) is 0 Å². The van der Waals surface area contributed by atoms with Gasteiger partial charge in [-0.15, -0.1) is 0 Å². The summed E-state index contributed by atoms with van der Waals surface area (Å²) in [7, 11) is -3.89. The molecule has 2 atom stereocenters. The summed E-state index contributed by atoms with van der Waals surface area (Å²) >= 11 is 0. The standard InChI is InChI=1S/C7H17NO3S/c1-4-5-8-6(2)7(3)12(9,10)11/h6-8H,4-5H2,1-3H3,(H,9,10,11). The zero-order valence-electron chi connectivity index (χ0n) is 7.74. The Bertz CT molecular complexity index is 213. The second-order valence-electron chi connectivity index (χ2n) is 2.96. The van der Waals surface area contributed by atoms with Gasteiger partial charge in [0.05, 0.1) is 5.25 Å². The van der Waals surface area contributed by atoms with Crippen LogP contribution in [-0.2, 0) is 10.1 Å². The molecule has 0 aliphatic heterocycles. The van der Waals surface area contributed by atoms with Crippen molar-refractivity contribution >= 4 is 10.1 Å². The van der Waals surface area contributed by atoms with Crippen LogP contribution in [0.1, 0.15) is 27.2 Å². The molecule has 4 nitrogen and oxygen atoms in total. The molecule has 0 aromatic rings. The maximum Gasteiger partial charge on any atom is 0.269 e. The van der Waals surface area contributed by atoms with Gasteiger partial charge in [0.25, 0.3) is 10.1 Å². The number of rotatable bonds is 5. The van der Waals surface area contributed by atoms with Gasteiger partial charge in [-0.1, -0.05) is 6.92 Å². The van der Waals surface area contributed by atoms with E-state index in [0.29, 0.717) is 0 Å². The van der Waals surface area contributed by atoms with Crippen LogP contribution in [0.4, 0.5) is 0 Å². The van der Waals surface area contributed by atoms with Crippen LogP contribution >= 0.6 is 0 Å². The van der Waals surface area contributed by atoms with Gasteiger partial charge in [-0.3, -0.25) is 4.55 Å². The monoisotopic (exact) mass is 195 g/mol. The van der Waals surface area contributed by atoms with Gasteiger partial charge in [0.15, 0.2) is 0 Å². The smallest absolute Gasteiger partial charge is 0.269 e. The molecule has 0 radical (unpaired) electrons. The van der Waals surface area contributed by atoms with Gasteiger partial charge in [-0.25, -0.2) is 0 Å². The lowest BCUT2D eigenvalue weighted by Gasteiger charge is -2.17. The van der Waals surface area contributed by atoms with Crippen LogP contribution in [0, 0.1) is 0 Å². The minimum Gasteiger partial charge on any atom is -0.313 e. The Morgan fingerprint density at radius 3 is 2.25 bits per heavy atom. The van der Waals surface area contributed by atoms with Gasteiger partial charge >= 0.3 is 0 Å². The molecule has 0 spiro atoms. The molecule has 0 saturated heterocycles. The molecule has 0 aromatic carbocycles. The summed E-state index contributed by atoms with van der Waals surface area (Å²) in [5.41, 5.74) is 0. The molecule has 0 aromatic heterocycles. The van der Waals surface area contributed by atoms with Crippen molar-refractivity contribution in [1.82, 2.24) is 5.32 Å². The Balaban J connectivity index is 4.02. The SMILES string of the molecule is CCCNC(C)C(C)S(=O)(=O)O. The Hall–Kier alpha value is -0.130. The lowest BCUT2D eigenvalue weighted by atomic mass is 10.2. The van der Waals surface area contributed by atoms with E-state index in [1.165, 1.54) is 6.92 Å². The normalized spacial score (nSPS) is 17.3. The van der Waals surface area contributed by atoms with E-state index in [9.17, 15) is 8.42 Å². The third-order valence-electron chi connectivity index (χ3n) is 1.89. The fourth-order valence-corrected chi connectivity index (χ4v) is 1.41. The molecule has 0 aliphatic rings. The Morgan fingerprint density at radius 1 is 1.42 bits per heavy atom. The van der Waals surface area contributed by atoms with Crippen LogP contribution in [0.25, 0.3) is 0 Å². The van der Waals surface area contributed by atoms with E-state index in [2.05, 4.69) is 5.32 Å². The summed E-state index contributed by atoms with van der Waals surface area (Å²) in [6.45, 7) is 6.00. The van der Waals surface area contributed by atoms with Crippen molar-refractivity contribution in [2.75, 3.05) is 6.54 Å². The van der Waals surface area contributed by atoms with Crippen LogP contribution in [0.3, 0.4) is 0 Å². The van der Waals surface area contributed by atoms with E-state index in [1.54, 1.807) is 6.92 Å². The molecule has 2 unspecified atom stereocenters. The lowest BCUT2D eigenvalue weighted by molar-refractivity contribution is 0.441. The third-order valence-corrected chi connectivity index (χ3v) is 3.24. The van der Waals surface area contributed by atoms with E-state index in [-0.39, 0.29) is 6.04 Å².